The highest BCUT2D eigenvalue weighted by atomic mass is 16.6. The van der Waals surface area contributed by atoms with Gasteiger partial charge in [-0.1, -0.05) is 43.5 Å². The summed E-state index contributed by atoms with van der Waals surface area (Å²) >= 11 is 0. The number of carbonyl (C=O) groups is 3. The number of nitrogens with zero attached hydrogens (tertiary/aromatic N) is 6. The van der Waals surface area contributed by atoms with Crippen LogP contribution in [0.15, 0.2) is 36.7 Å². The summed E-state index contributed by atoms with van der Waals surface area (Å²) in [7, 11) is 0. The van der Waals surface area contributed by atoms with Crippen LogP contribution < -0.4 is 10.2 Å². The molecule has 0 atom stereocenters. The van der Waals surface area contributed by atoms with Crippen molar-refractivity contribution in [3.63, 3.8) is 0 Å². The molecule has 0 saturated carbocycles. The molecule has 0 unspecified atom stereocenters. The third-order valence-corrected chi connectivity index (χ3v) is 7.51. The first kappa shape index (κ1) is 39.2. The molecule has 12 heteroatoms. The van der Waals surface area contributed by atoms with Crippen LogP contribution in [0.5, 0.6) is 0 Å². The molecule has 1 N–H and O–H groups in total. The molecule has 2 heterocycles. The number of benzene rings is 1. The van der Waals surface area contributed by atoms with Crippen LogP contribution in [0.2, 0.25) is 0 Å². The van der Waals surface area contributed by atoms with Crippen LogP contribution in [0.25, 0.3) is 0 Å². The molecular weight excluding hydrogens is 622 g/mol. The van der Waals surface area contributed by atoms with Crippen LogP contribution in [0.1, 0.15) is 128 Å². The fourth-order valence-electron chi connectivity index (χ4n) is 5.13. The van der Waals surface area contributed by atoms with Crippen molar-refractivity contribution in [1.82, 2.24) is 29.9 Å². The van der Waals surface area contributed by atoms with E-state index in [0.717, 1.165) is 37.8 Å². The number of aromatic nitrogens is 5. The average Bonchev–Trinajstić information content (AvgIpc) is 3.62. The lowest BCUT2D eigenvalue weighted by Crippen LogP contribution is -2.43. The third-order valence-electron chi connectivity index (χ3n) is 7.51. The Balaban J connectivity index is 1.49. The number of nitrogens with one attached hydrogen (secondary N) is 1. The number of amides is 2. The summed E-state index contributed by atoms with van der Waals surface area (Å²) in [5, 5.41) is 11.5. The van der Waals surface area contributed by atoms with Crippen LogP contribution in [0, 0.1) is 0 Å². The van der Waals surface area contributed by atoms with Crippen LogP contribution >= 0.6 is 0 Å². The largest absolute Gasteiger partial charge is 0.443 e. The molecule has 3 rings (SSSR count). The van der Waals surface area contributed by atoms with Crippen LogP contribution in [0.4, 0.5) is 15.5 Å². The molecule has 270 valence electrons. The van der Waals surface area contributed by atoms with Gasteiger partial charge in [-0.05, 0) is 112 Å². The topological polar surface area (TPSA) is 133 Å². The van der Waals surface area contributed by atoms with Crippen LogP contribution in [-0.2, 0) is 35.3 Å². The number of aryl methyl sites for hydroxylation is 3. The van der Waals surface area contributed by atoms with E-state index in [9.17, 15) is 14.4 Å². The van der Waals surface area contributed by atoms with Gasteiger partial charge in [0.05, 0.1) is 17.9 Å². The number of ether oxygens (including phenoxy) is 2. The van der Waals surface area contributed by atoms with Gasteiger partial charge < -0.3 is 14.8 Å². The Labute approximate surface area is 291 Å². The van der Waals surface area contributed by atoms with Crippen molar-refractivity contribution in [1.29, 1.82) is 0 Å². The lowest BCUT2D eigenvalue weighted by Gasteiger charge is -2.29. The van der Waals surface area contributed by atoms with E-state index in [0.29, 0.717) is 30.8 Å². The zero-order valence-corrected chi connectivity index (χ0v) is 31.0. The number of rotatable bonds is 16. The maximum Gasteiger partial charge on any atom is 0.421 e. The van der Waals surface area contributed by atoms with Gasteiger partial charge in [-0.15, -0.1) is 5.10 Å². The number of carbonyl (C=O) groups excluding carboxylic acids is 3. The fraction of sp³-hybridized carbons (Fsp3) is 0.622. The number of unbranched alkanes of at least 4 members (excludes halogenated alkanes) is 4. The smallest absolute Gasteiger partial charge is 0.421 e. The molecule has 0 aliphatic carbocycles. The molecule has 1 aromatic carbocycles. The molecular formula is C37H57N7O5. The van der Waals surface area contributed by atoms with Gasteiger partial charge in [0.1, 0.15) is 11.2 Å². The molecule has 0 radical (unpaired) electrons. The molecule has 0 bridgehead atoms. The zero-order valence-electron chi connectivity index (χ0n) is 31.0. The normalized spacial score (nSPS) is 11.9. The van der Waals surface area contributed by atoms with Crippen molar-refractivity contribution in [2.45, 2.75) is 144 Å². The number of anilines is 1. The zero-order chi connectivity index (χ0) is 36.2. The summed E-state index contributed by atoms with van der Waals surface area (Å²) < 4.78 is 14.3. The minimum Gasteiger partial charge on any atom is -0.443 e. The van der Waals surface area contributed by atoms with E-state index >= 15 is 0 Å². The predicted octanol–water partition coefficient (Wildman–Crippen LogP) is 7.53. The summed E-state index contributed by atoms with van der Waals surface area (Å²) in [6, 6.07) is 7.54. The molecule has 49 heavy (non-hydrogen) atoms. The minimum atomic E-state index is -0.719. The average molecular weight is 680 g/mol. The molecule has 3 aromatic rings. The van der Waals surface area contributed by atoms with Crippen LogP contribution in [-0.4, -0.2) is 66.4 Å². The summed E-state index contributed by atoms with van der Waals surface area (Å²) in [5.74, 6) is 0.0854. The van der Waals surface area contributed by atoms with Crippen molar-refractivity contribution >= 4 is 24.0 Å². The monoisotopic (exact) mass is 679 g/mol. The van der Waals surface area contributed by atoms with Gasteiger partial charge in [-0.2, -0.15) is 0 Å². The van der Waals surface area contributed by atoms with Gasteiger partial charge >= 0.3 is 12.2 Å². The van der Waals surface area contributed by atoms with Crippen molar-refractivity contribution in [3.8, 4) is 0 Å². The maximum absolute atomic E-state index is 13.2. The second-order valence-corrected chi connectivity index (χ2v) is 14.8. The Morgan fingerprint density at radius 2 is 1.47 bits per heavy atom. The van der Waals surface area contributed by atoms with Gasteiger partial charge in [-0.25, -0.2) is 24.0 Å². The molecule has 0 spiro atoms. The highest BCUT2D eigenvalue weighted by Gasteiger charge is 2.32. The van der Waals surface area contributed by atoms with Crippen molar-refractivity contribution < 1.29 is 23.9 Å². The number of imidazole rings is 1. The Morgan fingerprint density at radius 3 is 2.08 bits per heavy atom. The van der Waals surface area contributed by atoms with Crippen molar-refractivity contribution in [3.05, 3.63) is 59.2 Å². The quantitative estimate of drug-likeness (QED) is 0.154. The van der Waals surface area contributed by atoms with Crippen molar-refractivity contribution in [2.24, 2.45) is 0 Å². The molecule has 0 aliphatic heterocycles. The molecule has 0 aliphatic rings. The summed E-state index contributed by atoms with van der Waals surface area (Å²) in [5.41, 5.74) is 2.07. The molecule has 0 saturated heterocycles. The first-order valence-electron chi connectivity index (χ1n) is 17.7. The Morgan fingerprint density at radius 1 is 0.837 bits per heavy atom. The van der Waals surface area contributed by atoms with E-state index < -0.39 is 23.4 Å². The lowest BCUT2D eigenvalue weighted by atomic mass is 10.1. The van der Waals surface area contributed by atoms with Gasteiger partial charge in [-0.3, -0.25) is 9.48 Å². The van der Waals surface area contributed by atoms with E-state index in [1.54, 1.807) is 52.4 Å². The van der Waals surface area contributed by atoms with E-state index in [2.05, 4.69) is 22.6 Å². The summed E-state index contributed by atoms with van der Waals surface area (Å²) in [4.78, 5) is 45.0. The van der Waals surface area contributed by atoms with Gasteiger partial charge in [0.2, 0.25) is 5.95 Å². The number of hydrogen-bond donors (Lipinski definition) is 1. The van der Waals surface area contributed by atoms with Crippen LogP contribution in [0.3, 0.4) is 0 Å². The van der Waals surface area contributed by atoms with Gasteiger partial charge in [0.15, 0.2) is 0 Å². The molecule has 0 fully saturated rings. The third kappa shape index (κ3) is 13.3. The standard InChI is InChI=1S/C37H57N7O5/c1-10-11-13-16-28-19-21-29(22-20-28)32(45)38-23-24-42-25-31(40-41-42)18-15-12-14-17-30-26-43(34(46)48-36(4,5)6)33(39-30)44(27(2)3)35(47)49-37(7,8)9/h19-22,25-27H,10-18,23-24H2,1-9H3,(H,38,45). The maximum atomic E-state index is 13.2. The predicted molar refractivity (Wildman–Crippen MR) is 191 cm³/mol. The molecule has 12 nitrogen and oxygen atoms in total. The first-order chi connectivity index (χ1) is 23.1. The lowest BCUT2D eigenvalue weighted by molar-refractivity contribution is 0.0529. The summed E-state index contributed by atoms with van der Waals surface area (Å²) in [6.07, 6.45) is 11.0. The van der Waals surface area contributed by atoms with E-state index in [-0.39, 0.29) is 17.9 Å². The Kier molecular flexibility index (Phi) is 14.4. The number of hydrogen-bond acceptors (Lipinski definition) is 8. The van der Waals surface area contributed by atoms with Gasteiger partial charge in [0, 0.05) is 30.5 Å². The second-order valence-electron chi connectivity index (χ2n) is 14.8. The highest BCUT2D eigenvalue weighted by molar-refractivity contribution is 5.94. The first-order valence-corrected chi connectivity index (χ1v) is 17.7. The SMILES string of the molecule is CCCCCc1ccc(C(=O)NCCn2cc(CCCCCc3cn(C(=O)OC(C)(C)C)c(N(C(=O)OC(C)(C)C)C(C)C)n3)nn2)cc1. The Bertz CT molecular complexity index is 1500. The van der Waals surface area contributed by atoms with E-state index in [4.69, 9.17) is 14.5 Å². The van der Waals surface area contributed by atoms with E-state index in [1.165, 1.54) is 34.3 Å². The van der Waals surface area contributed by atoms with Crippen molar-refractivity contribution in [2.75, 3.05) is 11.4 Å². The highest BCUT2D eigenvalue weighted by Crippen LogP contribution is 2.24. The van der Waals surface area contributed by atoms with Gasteiger partial charge in [0.25, 0.3) is 5.91 Å². The van der Waals surface area contributed by atoms with E-state index in [1.807, 2.05) is 44.3 Å². The fourth-order valence-corrected chi connectivity index (χ4v) is 5.13. The summed E-state index contributed by atoms with van der Waals surface area (Å²) in [6.45, 7) is 17.7. The molecule has 2 amide bonds. The molecule has 2 aromatic heterocycles. The minimum absolute atomic E-state index is 0.0924. The second kappa shape index (κ2) is 18.0. The Hall–Kier alpha value is -4.22.